The van der Waals surface area contributed by atoms with Crippen molar-refractivity contribution in [2.75, 3.05) is 0 Å². The van der Waals surface area contributed by atoms with E-state index in [9.17, 15) is 0 Å². The maximum atomic E-state index is 5.07. The number of hydrogen-bond acceptors (Lipinski definition) is 6. The van der Waals surface area contributed by atoms with Crippen LogP contribution in [0.25, 0.3) is 101 Å². The van der Waals surface area contributed by atoms with Crippen molar-refractivity contribution in [2.24, 2.45) is 0 Å². The van der Waals surface area contributed by atoms with E-state index in [1.165, 1.54) is 0 Å². The Morgan fingerprint density at radius 3 is 1.20 bits per heavy atom. The molecule has 282 valence electrons. The molecule has 0 aliphatic heterocycles. The normalized spacial score (nSPS) is 11.0. The molecule has 0 atom stereocenters. The van der Waals surface area contributed by atoms with Gasteiger partial charge in [0.2, 0.25) is 0 Å². The van der Waals surface area contributed by atoms with Crippen LogP contribution in [-0.4, -0.2) is 29.9 Å². The van der Waals surface area contributed by atoms with E-state index in [0.29, 0.717) is 23.3 Å². The van der Waals surface area contributed by atoms with E-state index in [1.807, 2.05) is 115 Å². The lowest BCUT2D eigenvalue weighted by Gasteiger charge is -2.16. The number of pyridine rings is 1. The van der Waals surface area contributed by atoms with Gasteiger partial charge in [0.15, 0.2) is 23.3 Å². The molecule has 0 spiro atoms. The van der Waals surface area contributed by atoms with Crippen LogP contribution in [0.15, 0.2) is 219 Å². The highest BCUT2D eigenvalue weighted by atomic mass is 15.0. The van der Waals surface area contributed by atoms with E-state index in [1.54, 1.807) is 6.20 Å². The Morgan fingerprint density at radius 2 is 0.650 bits per heavy atom. The highest BCUT2D eigenvalue weighted by molar-refractivity contribution is 5.90. The Balaban J connectivity index is 1.06. The van der Waals surface area contributed by atoms with Crippen molar-refractivity contribution in [3.05, 3.63) is 219 Å². The highest BCUT2D eigenvalue weighted by Gasteiger charge is 2.18. The van der Waals surface area contributed by atoms with Crippen LogP contribution < -0.4 is 0 Å². The molecule has 0 fully saturated rings. The summed E-state index contributed by atoms with van der Waals surface area (Å²) in [5.74, 6) is 2.52. The monoisotopic (exact) mass is 768 g/mol. The first-order valence-electron chi connectivity index (χ1n) is 19.9. The van der Waals surface area contributed by atoms with Gasteiger partial charge in [-0.05, 0) is 46.0 Å². The third kappa shape index (κ3) is 7.49. The molecule has 0 saturated carbocycles. The minimum absolute atomic E-state index is 0.606. The van der Waals surface area contributed by atoms with Gasteiger partial charge in [-0.2, -0.15) is 0 Å². The van der Waals surface area contributed by atoms with E-state index in [2.05, 4.69) is 102 Å². The van der Waals surface area contributed by atoms with Gasteiger partial charge in [0.25, 0.3) is 0 Å². The molecule has 6 heteroatoms. The molecule has 7 aromatic carbocycles. The molecule has 3 aromatic heterocycles. The van der Waals surface area contributed by atoms with Crippen molar-refractivity contribution in [2.45, 2.75) is 0 Å². The summed E-state index contributed by atoms with van der Waals surface area (Å²) >= 11 is 0. The van der Waals surface area contributed by atoms with Gasteiger partial charge in [0.05, 0.1) is 11.4 Å². The first kappa shape index (κ1) is 36.1. The molecule has 3 heterocycles. The van der Waals surface area contributed by atoms with Gasteiger partial charge in [-0.15, -0.1) is 0 Å². The van der Waals surface area contributed by atoms with Crippen LogP contribution in [0.5, 0.6) is 0 Å². The zero-order valence-corrected chi connectivity index (χ0v) is 32.5. The zero-order chi connectivity index (χ0) is 40.1. The molecule has 6 nitrogen and oxygen atoms in total. The van der Waals surface area contributed by atoms with Crippen LogP contribution in [0.4, 0.5) is 0 Å². The fourth-order valence-electron chi connectivity index (χ4n) is 7.47. The molecule has 10 rings (SSSR count). The van der Waals surface area contributed by atoms with Crippen LogP contribution in [0, 0.1) is 0 Å². The molecule has 10 aromatic rings. The topological polar surface area (TPSA) is 77.3 Å². The van der Waals surface area contributed by atoms with Gasteiger partial charge < -0.3 is 0 Å². The van der Waals surface area contributed by atoms with Gasteiger partial charge in [-0.3, -0.25) is 4.98 Å². The molecule has 0 amide bonds. The molecule has 0 bridgehead atoms. The summed E-state index contributed by atoms with van der Waals surface area (Å²) in [6, 6.07) is 70.3. The van der Waals surface area contributed by atoms with Crippen molar-refractivity contribution in [1.29, 1.82) is 0 Å². The summed E-state index contributed by atoms with van der Waals surface area (Å²) in [6.45, 7) is 0. The standard InChI is InChI=1S/C54H36N6/c1-5-16-38(17-6-1)49-35-50(39-18-7-2-8-19-39)57-51(56-49)42-29-27-37(28-30-42)46-32-31-43(34-48(46)44-24-15-33-55-36-44)45-25-13-14-26-47(45)54-59-52(40-20-9-3-10-21-40)58-53(60-54)41-22-11-4-12-23-41/h1-36H. The molecule has 0 saturated heterocycles. The van der Waals surface area contributed by atoms with Crippen molar-refractivity contribution in [3.8, 4) is 101 Å². The van der Waals surface area contributed by atoms with E-state index in [0.717, 1.165) is 78.1 Å². The highest BCUT2D eigenvalue weighted by Crippen LogP contribution is 2.39. The number of rotatable bonds is 9. The Morgan fingerprint density at radius 1 is 0.233 bits per heavy atom. The minimum atomic E-state index is 0.606. The summed E-state index contributed by atoms with van der Waals surface area (Å²) in [5, 5.41) is 0. The van der Waals surface area contributed by atoms with E-state index in [4.69, 9.17) is 24.9 Å². The predicted octanol–water partition coefficient (Wildman–Crippen LogP) is 13.1. The SMILES string of the molecule is c1ccc(-c2cc(-c3ccccc3)nc(-c3ccc(-c4ccc(-c5ccccc5-c5nc(-c6ccccc6)nc(-c6ccccc6)n5)cc4-c4cccnc4)cc3)n2)cc1. The lowest BCUT2D eigenvalue weighted by atomic mass is 9.90. The van der Waals surface area contributed by atoms with Crippen LogP contribution in [0.3, 0.4) is 0 Å². The van der Waals surface area contributed by atoms with Gasteiger partial charge in [0, 0.05) is 51.3 Å². The molecule has 0 N–H and O–H groups in total. The lowest BCUT2D eigenvalue weighted by molar-refractivity contribution is 1.07. The fourth-order valence-corrected chi connectivity index (χ4v) is 7.47. The van der Waals surface area contributed by atoms with Crippen molar-refractivity contribution in [1.82, 2.24) is 29.9 Å². The summed E-state index contributed by atoms with van der Waals surface area (Å²) < 4.78 is 0. The fraction of sp³-hybridized carbons (Fsp3) is 0. The lowest BCUT2D eigenvalue weighted by Crippen LogP contribution is -2.01. The molecule has 60 heavy (non-hydrogen) atoms. The van der Waals surface area contributed by atoms with E-state index >= 15 is 0 Å². The van der Waals surface area contributed by atoms with E-state index < -0.39 is 0 Å². The van der Waals surface area contributed by atoms with Gasteiger partial charge >= 0.3 is 0 Å². The number of nitrogens with zero attached hydrogens (tertiary/aromatic N) is 6. The molecular formula is C54H36N6. The van der Waals surface area contributed by atoms with Crippen LogP contribution in [-0.2, 0) is 0 Å². The molecule has 0 radical (unpaired) electrons. The van der Waals surface area contributed by atoms with Crippen molar-refractivity contribution >= 4 is 0 Å². The van der Waals surface area contributed by atoms with E-state index in [-0.39, 0.29) is 0 Å². The summed E-state index contributed by atoms with van der Waals surface area (Å²) in [5.41, 5.74) is 13.8. The molecule has 0 unspecified atom stereocenters. The molecule has 0 aliphatic carbocycles. The van der Waals surface area contributed by atoms with Crippen LogP contribution >= 0.6 is 0 Å². The maximum Gasteiger partial charge on any atom is 0.164 e. The quantitative estimate of drug-likeness (QED) is 0.145. The minimum Gasteiger partial charge on any atom is -0.264 e. The number of hydrogen-bond donors (Lipinski definition) is 0. The summed E-state index contributed by atoms with van der Waals surface area (Å²) in [4.78, 5) is 29.7. The second-order valence-corrected chi connectivity index (χ2v) is 14.4. The van der Waals surface area contributed by atoms with Crippen LogP contribution in [0.1, 0.15) is 0 Å². The Hall–Kier alpha value is -8.22. The second kappa shape index (κ2) is 16.3. The van der Waals surface area contributed by atoms with Crippen LogP contribution in [0.2, 0.25) is 0 Å². The Bertz CT molecular complexity index is 2930. The van der Waals surface area contributed by atoms with Crippen molar-refractivity contribution < 1.29 is 0 Å². The average Bonchev–Trinajstić information content (AvgIpc) is 3.35. The summed E-state index contributed by atoms with van der Waals surface area (Å²) in [7, 11) is 0. The second-order valence-electron chi connectivity index (χ2n) is 14.4. The van der Waals surface area contributed by atoms with Crippen molar-refractivity contribution in [3.63, 3.8) is 0 Å². The van der Waals surface area contributed by atoms with Gasteiger partial charge in [-0.1, -0.05) is 188 Å². The maximum absolute atomic E-state index is 5.07. The first-order valence-corrected chi connectivity index (χ1v) is 19.9. The number of benzene rings is 7. The molecular weight excluding hydrogens is 733 g/mol. The number of aromatic nitrogens is 6. The average molecular weight is 769 g/mol. The largest absolute Gasteiger partial charge is 0.264 e. The van der Waals surface area contributed by atoms with Gasteiger partial charge in [-0.25, -0.2) is 24.9 Å². The molecule has 0 aliphatic rings. The zero-order valence-electron chi connectivity index (χ0n) is 32.5. The Labute approximate surface area is 348 Å². The predicted molar refractivity (Wildman–Crippen MR) is 242 cm³/mol. The Kier molecular flexibility index (Phi) is 9.84. The first-order chi connectivity index (χ1) is 29.7. The smallest absolute Gasteiger partial charge is 0.164 e. The third-order valence-corrected chi connectivity index (χ3v) is 10.5. The van der Waals surface area contributed by atoms with Gasteiger partial charge in [0.1, 0.15) is 0 Å². The summed E-state index contributed by atoms with van der Waals surface area (Å²) in [6.07, 6.45) is 3.72. The third-order valence-electron chi connectivity index (χ3n) is 10.5.